The standard InChI is InChI=1S/C41H42ClN5O5/c1-45-34(20-15-26-7-3-2-4-8-26)41(50)47-24-32(51-25-28-13-18-31(42)19-14-28)23-35(47)36(48)22-30(21-27-11-16-29(17-12-27)39(43)44)38(49)40-46-33-9-5-6-10-37(33)52-40/h2-14,16-19,30,32,34-35,45H,15,20-25H2,1H3,(H3,43,44)/t30-,32-,34-,35+/m1/s1. The minimum absolute atomic E-state index is 0.0664. The van der Waals surface area contributed by atoms with Gasteiger partial charge in [0.2, 0.25) is 11.7 Å². The highest BCUT2D eigenvalue weighted by Crippen LogP contribution is 2.29. The molecule has 1 fully saturated rings. The summed E-state index contributed by atoms with van der Waals surface area (Å²) < 4.78 is 12.1. The number of aromatic nitrogens is 1. The minimum Gasteiger partial charge on any atom is -0.434 e. The van der Waals surface area contributed by atoms with Crippen LogP contribution in [0, 0.1) is 11.3 Å². The molecule has 4 aromatic carbocycles. The third kappa shape index (κ3) is 9.00. The van der Waals surface area contributed by atoms with Crippen molar-refractivity contribution in [3.05, 3.63) is 136 Å². The van der Waals surface area contributed by atoms with E-state index in [0.717, 1.165) is 16.7 Å². The van der Waals surface area contributed by atoms with Crippen molar-refractivity contribution in [3.8, 4) is 0 Å². The number of aryl methyl sites for hydroxylation is 1. The van der Waals surface area contributed by atoms with E-state index in [4.69, 9.17) is 31.9 Å². The van der Waals surface area contributed by atoms with Crippen LogP contribution in [-0.4, -0.2) is 65.0 Å². The number of nitrogens with zero attached hydrogens (tertiary/aromatic N) is 2. The number of oxazole rings is 1. The predicted octanol–water partition coefficient (Wildman–Crippen LogP) is 6.17. The Labute approximate surface area is 307 Å². The molecule has 1 aliphatic heterocycles. The molecule has 4 atom stereocenters. The first-order valence-electron chi connectivity index (χ1n) is 17.4. The molecule has 0 spiro atoms. The van der Waals surface area contributed by atoms with E-state index in [2.05, 4.69) is 10.3 Å². The molecule has 0 aliphatic carbocycles. The first kappa shape index (κ1) is 36.6. The van der Waals surface area contributed by atoms with Crippen molar-refractivity contribution in [3.63, 3.8) is 0 Å². The van der Waals surface area contributed by atoms with Crippen molar-refractivity contribution in [1.29, 1.82) is 5.41 Å². The molecule has 10 nitrogen and oxygen atoms in total. The molecule has 0 bridgehead atoms. The first-order valence-corrected chi connectivity index (χ1v) is 17.8. The molecular weight excluding hydrogens is 678 g/mol. The molecule has 11 heteroatoms. The van der Waals surface area contributed by atoms with E-state index in [1.54, 1.807) is 66.5 Å². The number of hydrogen-bond acceptors (Lipinski definition) is 8. The van der Waals surface area contributed by atoms with Crippen molar-refractivity contribution in [2.75, 3.05) is 13.6 Å². The second kappa shape index (κ2) is 16.9. The zero-order valence-corrected chi connectivity index (χ0v) is 29.7. The lowest BCUT2D eigenvalue weighted by molar-refractivity contribution is -0.139. The van der Waals surface area contributed by atoms with Gasteiger partial charge in [0, 0.05) is 35.9 Å². The van der Waals surface area contributed by atoms with Gasteiger partial charge in [0.05, 0.1) is 24.8 Å². The number of ether oxygens (including phenoxy) is 1. The summed E-state index contributed by atoms with van der Waals surface area (Å²) in [5.41, 5.74) is 10.1. The molecule has 1 aromatic heterocycles. The Kier molecular flexibility index (Phi) is 11.9. The van der Waals surface area contributed by atoms with Crippen molar-refractivity contribution in [1.82, 2.24) is 15.2 Å². The highest BCUT2D eigenvalue weighted by Gasteiger charge is 2.43. The number of para-hydroxylation sites is 2. The lowest BCUT2D eigenvalue weighted by Gasteiger charge is -2.28. The normalized spacial score (nSPS) is 16.8. The number of ketones is 2. The number of fused-ring (bicyclic) bond motifs is 1. The monoisotopic (exact) mass is 719 g/mol. The number of amides is 1. The van der Waals surface area contributed by atoms with Gasteiger partial charge in [-0.05, 0) is 67.3 Å². The molecule has 4 N–H and O–H groups in total. The summed E-state index contributed by atoms with van der Waals surface area (Å²) in [5, 5.41) is 11.5. The highest BCUT2D eigenvalue weighted by molar-refractivity contribution is 6.30. The maximum absolute atomic E-state index is 14.4. The van der Waals surface area contributed by atoms with Crippen molar-refractivity contribution >= 4 is 46.0 Å². The zero-order valence-electron chi connectivity index (χ0n) is 29.0. The molecule has 0 saturated carbocycles. The molecule has 52 heavy (non-hydrogen) atoms. The van der Waals surface area contributed by atoms with Gasteiger partial charge in [0.25, 0.3) is 5.89 Å². The van der Waals surface area contributed by atoms with Gasteiger partial charge in [-0.2, -0.15) is 0 Å². The molecule has 0 radical (unpaired) electrons. The second-order valence-corrected chi connectivity index (χ2v) is 13.6. The first-order chi connectivity index (χ1) is 25.2. The quantitative estimate of drug-likeness (QED) is 0.0622. The Balaban J connectivity index is 1.25. The number of benzene rings is 4. The average Bonchev–Trinajstić information content (AvgIpc) is 3.80. The molecule has 1 amide bonds. The van der Waals surface area contributed by atoms with Gasteiger partial charge in [-0.25, -0.2) is 4.98 Å². The van der Waals surface area contributed by atoms with Gasteiger partial charge in [-0.3, -0.25) is 19.8 Å². The molecule has 5 aromatic rings. The van der Waals surface area contributed by atoms with Crippen LogP contribution in [0.2, 0.25) is 5.02 Å². The van der Waals surface area contributed by atoms with E-state index in [1.165, 1.54) is 0 Å². The number of nitrogens with one attached hydrogen (secondary N) is 2. The Morgan fingerprint density at radius 2 is 1.65 bits per heavy atom. The van der Waals surface area contributed by atoms with Crippen LogP contribution >= 0.6 is 11.6 Å². The van der Waals surface area contributed by atoms with E-state index in [1.807, 2.05) is 48.5 Å². The summed E-state index contributed by atoms with van der Waals surface area (Å²) in [5.74, 6) is -1.78. The number of likely N-dealkylation sites (tertiary alicyclic amines) is 1. The van der Waals surface area contributed by atoms with Gasteiger partial charge in [0.15, 0.2) is 11.4 Å². The van der Waals surface area contributed by atoms with Gasteiger partial charge >= 0.3 is 0 Å². The van der Waals surface area contributed by atoms with E-state index in [-0.39, 0.29) is 42.8 Å². The molecule has 1 aliphatic rings. The fraction of sp³-hybridized carbons (Fsp3) is 0.293. The molecule has 1 saturated heterocycles. The maximum Gasteiger partial charge on any atom is 0.264 e. The van der Waals surface area contributed by atoms with Gasteiger partial charge in [-0.15, -0.1) is 0 Å². The molecule has 268 valence electrons. The van der Waals surface area contributed by atoms with E-state index < -0.39 is 29.9 Å². The zero-order chi connectivity index (χ0) is 36.6. The molecule has 0 unspecified atom stereocenters. The van der Waals surface area contributed by atoms with Crippen LogP contribution in [0.25, 0.3) is 11.1 Å². The van der Waals surface area contributed by atoms with Gasteiger partial charge < -0.3 is 25.1 Å². The average molecular weight is 720 g/mol. The minimum atomic E-state index is -0.826. The number of halogens is 1. The fourth-order valence-electron chi connectivity index (χ4n) is 6.70. The maximum atomic E-state index is 14.4. The number of nitrogen functional groups attached to an aromatic ring is 1. The highest BCUT2D eigenvalue weighted by atomic mass is 35.5. The second-order valence-electron chi connectivity index (χ2n) is 13.2. The number of rotatable bonds is 16. The van der Waals surface area contributed by atoms with Crippen LogP contribution in [0.15, 0.2) is 108 Å². The Hall–Kier alpha value is -5.16. The van der Waals surface area contributed by atoms with Crippen molar-refractivity contribution in [2.24, 2.45) is 11.7 Å². The smallest absolute Gasteiger partial charge is 0.264 e. The number of nitrogens with two attached hydrogens (primary N) is 1. The molecule has 2 heterocycles. The number of Topliss-reactive ketones (excluding diaryl/α,β-unsaturated/α-hetero) is 2. The van der Waals surface area contributed by atoms with Crippen LogP contribution in [-0.2, 0) is 33.8 Å². The SMILES string of the molecule is CN[C@H](CCc1ccccc1)C(=O)N1C[C@H](OCc2ccc(Cl)cc2)C[C@H]1C(=O)C[C@@H](Cc1ccc(C(=N)N)cc1)C(=O)c1nc2ccccc2o1. The van der Waals surface area contributed by atoms with E-state index in [0.29, 0.717) is 47.6 Å². The van der Waals surface area contributed by atoms with Crippen LogP contribution in [0.5, 0.6) is 0 Å². The predicted molar refractivity (Wildman–Crippen MR) is 200 cm³/mol. The van der Waals surface area contributed by atoms with Crippen molar-refractivity contribution < 1.29 is 23.5 Å². The molecule has 6 rings (SSSR count). The Morgan fingerprint density at radius 1 is 0.962 bits per heavy atom. The van der Waals surface area contributed by atoms with Crippen LogP contribution in [0.4, 0.5) is 0 Å². The lowest BCUT2D eigenvalue weighted by Crippen LogP contribution is -2.50. The van der Waals surface area contributed by atoms with Crippen LogP contribution < -0.4 is 11.1 Å². The van der Waals surface area contributed by atoms with Gasteiger partial charge in [0.1, 0.15) is 11.4 Å². The summed E-state index contributed by atoms with van der Waals surface area (Å²) in [6.45, 7) is 0.534. The summed E-state index contributed by atoms with van der Waals surface area (Å²) in [7, 11) is 1.75. The summed E-state index contributed by atoms with van der Waals surface area (Å²) in [6.07, 6.45) is 1.20. The van der Waals surface area contributed by atoms with Crippen LogP contribution in [0.1, 0.15) is 52.2 Å². The number of amidine groups is 1. The largest absolute Gasteiger partial charge is 0.434 e. The van der Waals surface area contributed by atoms with E-state index >= 15 is 0 Å². The summed E-state index contributed by atoms with van der Waals surface area (Å²) in [4.78, 5) is 48.8. The number of carbonyl (C=O) groups excluding carboxylic acids is 3. The topological polar surface area (TPSA) is 152 Å². The van der Waals surface area contributed by atoms with E-state index in [9.17, 15) is 14.4 Å². The molecular formula is C41H42ClN5O5. The van der Waals surface area contributed by atoms with Gasteiger partial charge in [-0.1, -0.05) is 90.5 Å². The third-order valence-electron chi connectivity index (χ3n) is 9.60. The number of carbonyl (C=O) groups is 3. The fourth-order valence-corrected chi connectivity index (χ4v) is 6.83. The third-order valence-corrected chi connectivity index (χ3v) is 9.85. The summed E-state index contributed by atoms with van der Waals surface area (Å²) >= 11 is 6.07. The Bertz CT molecular complexity index is 1980. The van der Waals surface area contributed by atoms with Crippen molar-refractivity contribution in [2.45, 2.75) is 56.9 Å². The lowest BCUT2D eigenvalue weighted by atomic mass is 9.87. The summed E-state index contributed by atoms with van der Waals surface area (Å²) in [6, 6.07) is 30.1. The number of likely N-dealkylation sites (N-methyl/N-ethyl adjacent to an activating group) is 1. The van der Waals surface area contributed by atoms with Crippen LogP contribution in [0.3, 0.4) is 0 Å². The Morgan fingerprint density at radius 3 is 2.35 bits per heavy atom. The number of hydrogen-bond donors (Lipinski definition) is 3.